The molecule has 0 aliphatic carbocycles. The van der Waals surface area contributed by atoms with E-state index in [9.17, 15) is 9.18 Å². The van der Waals surface area contributed by atoms with Crippen molar-refractivity contribution in [1.82, 2.24) is 4.90 Å². The zero-order valence-electron chi connectivity index (χ0n) is 17.8. The first kappa shape index (κ1) is 21.4. The molecule has 0 radical (unpaired) electrons. The van der Waals surface area contributed by atoms with Gasteiger partial charge in [0, 0.05) is 19.6 Å². The number of aliphatic imine (C=N–C) groups is 1. The first-order valence-electron chi connectivity index (χ1n) is 10.6. The van der Waals surface area contributed by atoms with Gasteiger partial charge in [-0.25, -0.2) is 9.38 Å². The molecule has 7 heteroatoms. The second-order valence-corrected chi connectivity index (χ2v) is 8.52. The third-order valence-electron chi connectivity index (χ3n) is 5.47. The van der Waals surface area contributed by atoms with Gasteiger partial charge in [0.2, 0.25) is 0 Å². The van der Waals surface area contributed by atoms with Gasteiger partial charge >= 0.3 is 0 Å². The minimum absolute atomic E-state index is 0.111. The number of amidine groups is 1. The molecule has 0 spiro atoms. The van der Waals surface area contributed by atoms with Crippen LogP contribution in [0.2, 0.25) is 0 Å². The number of nitrogens with zero attached hydrogens (tertiary/aromatic N) is 3. The number of methoxy groups -OCH3 is 1. The number of thioether (sulfide) groups is 1. The maximum atomic E-state index is 14.8. The number of hydrogen-bond donors (Lipinski definition) is 0. The molecule has 5 nitrogen and oxygen atoms in total. The molecule has 0 unspecified atom stereocenters. The van der Waals surface area contributed by atoms with Crippen LogP contribution in [0.5, 0.6) is 5.75 Å². The number of piperidine rings is 1. The van der Waals surface area contributed by atoms with Gasteiger partial charge in [0.05, 0.1) is 23.4 Å². The maximum Gasteiger partial charge on any atom is 0.266 e. The highest BCUT2D eigenvalue weighted by Gasteiger charge is 2.32. The summed E-state index contributed by atoms with van der Waals surface area (Å²) in [5, 5.41) is 0.620. The standard InChI is InChI=1S/C24H26FN3O2S/c1-3-28-23(29)22(31-24(28)26-18-8-10-19(30-2)11-9-18)16-17-7-12-21(20(25)15-17)27-13-5-4-6-14-27/h7-12,15-16H,3-6,13-14H2,1-2H3/b22-16+,26-24?. The van der Waals surface area contributed by atoms with Crippen LogP contribution in [0.3, 0.4) is 0 Å². The largest absolute Gasteiger partial charge is 0.497 e. The number of hydrogen-bond acceptors (Lipinski definition) is 5. The second kappa shape index (κ2) is 9.56. The molecule has 162 valence electrons. The Hall–Kier alpha value is -2.80. The lowest BCUT2D eigenvalue weighted by Crippen LogP contribution is -2.30. The summed E-state index contributed by atoms with van der Waals surface area (Å²) in [5.41, 5.74) is 2.06. The van der Waals surface area contributed by atoms with E-state index in [4.69, 9.17) is 4.74 Å². The number of halogens is 1. The monoisotopic (exact) mass is 439 g/mol. The van der Waals surface area contributed by atoms with Crippen LogP contribution in [-0.2, 0) is 4.79 Å². The van der Waals surface area contributed by atoms with Crippen molar-refractivity contribution in [2.24, 2.45) is 4.99 Å². The van der Waals surface area contributed by atoms with Crippen LogP contribution >= 0.6 is 11.8 Å². The molecule has 4 rings (SSSR count). The van der Waals surface area contributed by atoms with Gasteiger partial charge in [0.25, 0.3) is 5.91 Å². The number of amides is 1. The Kier molecular flexibility index (Phi) is 6.61. The fraction of sp³-hybridized carbons (Fsp3) is 0.333. The summed E-state index contributed by atoms with van der Waals surface area (Å²) in [6, 6.07) is 12.6. The predicted octanol–water partition coefficient (Wildman–Crippen LogP) is 5.45. The van der Waals surface area contributed by atoms with Crippen molar-refractivity contribution in [3.8, 4) is 5.75 Å². The maximum absolute atomic E-state index is 14.8. The topological polar surface area (TPSA) is 45.1 Å². The lowest BCUT2D eigenvalue weighted by molar-refractivity contribution is -0.122. The number of rotatable bonds is 5. The number of benzene rings is 2. The zero-order valence-corrected chi connectivity index (χ0v) is 18.6. The molecular weight excluding hydrogens is 413 g/mol. The third kappa shape index (κ3) is 4.77. The highest BCUT2D eigenvalue weighted by Crippen LogP contribution is 2.35. The highest BCUT2D eigenvalue weighted by atomic mass is 32.2. The fourth-order valence-electron chi connectivity index (χ4n) is 3.79. The van der Waals surface area contributed by atoms with Gasteiger partial charge in [-0.05, 0) is 86.0 Å². The van der Waals surface area contributed by atoms with Gasteiger partial charge in [-0.15, -0.1) is 0 Å². The molecular formula is C24H26FN3O2S. The average Bonchev–Trinajstić information content (AvgIpc) is 3.08. The SMILES string of the molecule is CCN1C(=O)/C(=C\c2ccc(N3CCCCC3)c(F)c2)SC1=Nc1ccc(OC)cc1. The molecule has 0 N–H and O–H groups in total. The molecule has 2 aromatic rings. The Morgan fingerprint density at radius 3 is 2.52 bits per heavy atom. The summed E-state index contributed by atoms with van der Waals surface area (Å²) in [6.07, 6.45) is 5.14. The van der Waals surface area contributed by atoms with Crippen LogP contribution in [-0.4, -0.2) is 42.7 Å². The Morgan fingerprint density at radius 1 is 1.13 bits per heavy atom. The number of ether oxygens (including phenoxy) is 1. The minimum atomic E-state index is -0.244. The Labute approximate surface area is 186 Å². The third-order valence-corrected chi connectivity index (χ3v) is 6.47. The molecule has 2 saturated heterocycles. The first-order chi connectivity index (χ1) is 15.1. The van der Waals surface area contributed by atoms with Crippen LogP contribution in [0.1, 0.15) is 31.7 Å². The summed E-state index contributed by atoms with van der Waals surface area (Å²) in [6.45, 7) is 4.21. The molecule has 0 saturated carbocycles. The Morgan fingerprint density at radius 2 is 1.87 bits per heavy atom. The van der Waals surface area contributed by atoms with E-state index in [1.807, 2.05) is 43.3 Å². The number of carbonyl (C=O) groups excluding carboxylic acids is 1. The van der Waals surface area contributed by atoms with Gasteiger partial charge in [-0.1, -0.05) is 6.07 Å². The van der Waals surface area contributed by atoms with Crippen LogP contribution in [0.25, 0.3) is 6.08 Å². The normalized spacial score (nSPS) is 19.5. The Bertz CT molecular complexity index is 1010. The van der Waals surface area contributed by atoms with Crippen LogP contribution in [0, 0.1) is 5.82 Å². The lowest BCUT2D eigenvalue weighted by Gasteiger charge is -2.29. The average molecular weight is 440 g/mol. The van der Waals surface area contributed by atoms with Crippen molar-refractivity contribution in [3.05, 3.63) is 58.8 Å². The Balaban J connectivity index is 1.56. The van der Waals surface area contributed by atoms with E-state index in [1.165, 1.54) is 24.2 Å². The molecule has 0 aromatic heterocycles. The second-order valence-electron chi connectivity index (χ2n) is 7.51. The van der Waals surface area contributed by atoms with E-state index in [0.717, 1.165) is 37.4 Å². The van der Waals surface area contributed by atoms with Crippen molar-refractivity contribution in [1.29, 1.82) is 0 Å². The van der Waals surface area contributed by atoms with E-state index < -0.39 is 0 Å². The van der Waals surface area contributed by atoms with E-state index >= 15 is 0 Å². The minimum Gasteiger partial charge on any atom is -0.497 e. The van der Waals surface area contributed by atoms with Crippen molar-refractivity contribution in [2.75, 3.05) is 31.6 Å². The van der Waals surface area contributed by atoms with Crippen molar-refractivity contribution >= 4 is 40.3 Å². The van der Waals surface area contributed by atoms with Crippen LogP contribution < -0.4 is 9.64 Å². The van der Waals surface area contributed by atoms with E-state index in [0.29, 0.717) is 27.9 Å². The first-order valence-corrected chi connectivity index (χ1v) is 11.4. The molecule has 1 amide bonds. The summed E-state index contributed by atoms with van der Waals surface area (Å²) < 4.78 is 19.9. The smallest absolute Gasteiger partial charge is 0.266 e. The molecule has 2 heterocycles. The summed E-state index contributed by atoms with van der Waals surface area (Å²) >= 11 is 1.31. The number of anilines is 1. The van der Waals surface area contributed by atoms with Crippen LogP contribution in [0.15, 0.2) is 52.4 Å². The zero-order chi connectivity index (χ0) is 21.8. The summed E-state index contributed by atoms with van der Waals surface area (Å²) in [7, 11) is 1.62. The van der Waals surface area contributed by atoms with Gasteiger partial charge < -0.3 is 9.64 Å². The van der Waals surface area contributed by atoms with Gasteiger partial charge in [0.15, 0.2) is 5.17 Å². The van der Waals surface area contributed by atoms with E-state index in [-0.39, 0.29) is 11.7 Å². The molecule has 0 bridgehead atoms. The molecule has 0 atom stereocenters. The number of likely N-dealkylation sites (N-methyl/N-ethyl adjacent to an activating group) is 1. The molecule has 2 aliphatic rings. The van der Waals surface area contributed by atoms with Gasteiger partial charge in [-0.3, -0.25) is 9.69 Å². The van der Waals surface area contributed by atoms with Crippen molar-refractivity contribution < 1.29 is 13.9 Å². The van der Waals surface area contributed by atoms with Gasteiger partial charge in [0.1, 0.15) is 11.6 Å². The summed E-state index contributed by atoms with van der Waals surface area (Å²) in [5.74, 6) is 0.397. The molecule has 2 aromatic carbocycles. The molecule has 31 heavy (non-hydrogen) atoms. The fourth-order valence-corrected chi connectivity index (χ4v) is 4.86. The molecule has 2 fully saturated rings. The van der Waals surface area contributed by atoms with E-state index in [1.54, 1.807) is 18.1 Å². The number of carbonyl (C=O) groups is 1. The quantitative estimate of drug-likeness (QED) is 0.581. The lowest BCUT2D eigenvalue weighted by atomic mass is 10.1. The molecule has 2 aliphatic heterocycles. The van der Waals surface area contributed by atoms with Gasteiger partial charge in [-0.2, -0.15) is 0 Å². The summed E-state index contributed by atoms with van der Waals surface area (Å²) in [4.78, 5) is 21.8. The van der Waals surface area contributed by atoms with E-state index in [2.05, 4.69) is 9.89 Å². The van der Waals surface area contributed by atoms with Crippen LogP contribution in [0.4, 0.5) is 15.8 Å². The highest BCUT2D eigenvalue weighted by molar-refractivity contribution is 8.18. The van der Waals surface area contributed by atoms with Crippen molar-refractivity contribution in [3.63, 3.8) is 0 Å². The van der Waals surface area contributed by atoms with Crippen molar-refractivity contribution in [2.45, 2.75) is 26.2 Å². The predicted molar refractivity (Wildman–Crippen MR) is 126 cm³/mol.